The van der Waals surface area contributed by atoms with Crippen LogP contribution in [0.25, 0.3) is 0 Å². The van der Waals surface area contributed by atoms with E-state index in [1.165, 1.54) is 6.07 Å². The minimum atomic E-state index is -0.232. The van der Waals surface area contributed by atoms with Gasteiger partial charge in [-0.25, -0.2) is 5.10 Å². The van der Waals surface area contributed by atoms with Gasteiger partial charge in [0.05, 0.1) is 11.7 Å². The molecule has 3 heterocycles. The second-order valence-electron chi connectivity index (χ2n) is 5.89. The Kier molecular flexibility index (Phi) is 3.06. The van der Waals surface area contributed by atoms with Crippen molar-refractivity contribution in [2.75, 3.05) is 6.54 Å². The molecule has 0 spiro atoms. The predicted molar refractivity (Wildman–Crippen MR) is 78.5 cm³/mol. The Balaban J connectivity index is 1.64. The van der Waals surface area contributed by atoms with Crippen LogP contribution in [-0.4, -0.2) is 37.7 Å². The molecular formula is C15H17N5O2. The van der Waals surface area contributed by atoms with E-state index in [0.717, 1.165) is 49.1 Å². The number of likely N-dealkylation sites (tertiary alicyclic amines) is 1. The maximum absolute atomic E-state index is 12.9. The fourth-order valence-electron chi connectivity index (χ4n) is 3.49. The summed E-state index contributed by atoms with van der Waals surface area (Å²) in [5.41, 5.74) is 3.23. The van der Waals surface area contributed by atoms with Crippen LogP contribution in [0.4, 0.5) is 0 Å². The fourth-order valence-corrected chi connectivity index (χ4v) is 3.49. The molecule has 0 radical (unpaired) electrons. The van der Waals surface area contributed by atoms with Crippen molar-refractivity contribution in [3.8, 4) is 0 Å². The zero-order valence-corrected chi connectivity index (χ0v) is 12.1. The molecule has 4 rings (SSSR count). The number of carbonyl (C=O) groups is 1. The molecule has 2 aliphatic rings. The average Bonchev–Trinajstić information content (AvgIpc) is 3.23. The molecule has 1 amide bonds. The first-order valence-corrected chi connectivity index (χ1v) is 7.67. The van der Waals surface area contributed by atoms with Gasteiger partial charge in [0.25, 0.3) is 11.5 Å². The Morgan fingerprint density at radius 3 is 2.91 bits per heavy atom. The van der Waals surface area contributed by atoms with E-state index in [-0.39, 0.29) is 17.5 Å². The highest BCUT2D eigenvalue weighted by Gasteiger charge is 2.35. The van der Waals surface area contributed by atoms with Crippen molar-refractivity contribution in [2.45, 2.75) is 38.1 Å². The monoisotopic (exact) mass is 299 g/mol. The van der Waals surface area contributed by atoms with Crippen LogP contribution in [0, 0.1) is 0 Å². The third-order valence-electron chi connectivity index (χ3n) is 4.56. The van der Waals surface area contributed by atoms with Crippen LogP contribution in [0.2, 0.25) is 0 Å². The van der Waals surface area contributed by atoms with Crippen molar-refractivity contribution in [1.29, 1.82) is 0 Å². The molecule has 1 aliphatic heterocycles. The highest BCUT2D eigenvalue weighted by molar-refractivity contribution is 5.94. The van der Waals surface area contributed by atoms with Crippen molar-refractivity contribution >= 4 is 5.91 Å². The van der Waals surface area contributed by atoms with Gasteiger partial charge in [0.1, 0.15) is 0 Å². The molecule has 7 heteroatoms. The van der Waals surface area contributed by atoms with E-state index in [1.807, 2.05) is 4.90 Å². The van der Waals surface area contributed by atoms with Gasteiger partial charge in [-0.15, -0.1) is 0 Å². The fraction of sp³-hybridized carbons (Fsp3) is 0.467. The molecule has 2 N–H and O–H groups in total. The lowest BCUT2D eigenvalue weighted by Gasteiger charge is -2.23. The van der Waals surface area contributed by atoms with Gasteiger partial charge in [-0.05, 0) is 38.2 Å². The number of H-pyrrole nitrogens is 2. The van der Waals surface area contributed by atoms with E-state index in [0.29, 0.717) is 12.2 Å². The van der Waals surface area contributed by atoms with E-state index in [9.17, 15) is 9.59 Å². The van der Waals surface area contributed by atoms with Gasteiger partial charge in [-0.3, -0.25) is 14.7 Å². The number of nitrogens with zero attached hydrogens (tertiary/aromatic N) is 3. The number of aromatic nitrogens is 4. The third-order valence-corrected chi connectivity index (χ3v) is 4.56. The van der Waals surface area contributed by atoms with E-state index >= 15 is 0 Å². The topological polar surface area (TPSA) is 94.7 Å². The molecule has 1 fully saturated rings. The first-order chi connectivity index (χ1) is 10.7. The van der Waals surface area contributed by atoms with Crippen LogP contribution in [0.5, 0.6) is 0 Å². The molecule has 7 nitrogen and oxygen atoms in total. The predicted octanol–water partition coefficient (Wildman–Crippen LogP) is 0.959. The Morgan fingerprint density at radius 2 is 2.09 bits per heavy atom. The number of hydrogen-bond donors (Lipinski definition) is 2. The van der Waals surface area contributed by atoms with Crippen LogP contribution in [-0.2, 0) is 12.8 Å². The van der Waals surface area contributed by atoms with Gasteiger partial charge in [0.2, 0.25) is 0 Å². The molecule has 0 saturated carbocycles. The minimum Gasteiger partial charge on any atom is -0.329 e. The summed E-state index contributed by atoms with van der Waals surface area (Å²) >= 11 is 0. The van der Waals surface area contributed by atoms with Gasteiger partial charge >= 0.3 is 0 Å². The van der Waals surface area contributed by atoms with Crippen LogP contribution >= 0.6 is 0 Å². The highest BCUT2D eigenvalue weighted by Crippen LogP contribution is 2.33. The van der Waals surface area contributed by atoms with Gasteiger partial charge in [0, 0.05) is 23.9 Å². The Hall–Kier alpha value is -2.44. The quantitative estimate of drug-likeness (QED) is 0.863. The lowest BCUT2D eigenvalue weighted by molar-refractivity contribution is 0.0725. The maximum Gasteiger partial charge on any atom is 0.275 e. The summed E-state index contributed by atoms with van der Waals surface area (Å²) < 4.78 is 0. The van der Waals surface area contributed by atoms with Crippen LogP contribution in [0.15, 0.2) is 16.9 Å². The molecular weight excluding hydrogens is 282 g/mol. The first kappa shape index (κ1) is 13.2. The summed E-state index contributed by atoms with van der Waals surface area (Å²) in [6, 6.07) is 3.07. The Bertz CT molecular complexity index is 758. The zero-order valence-electron chi connectivity index (χ0n) is 12.1. The molecule has 1 atom stereocenters. The van der Waals surface area contributed by atoms with Gasteiger partial charge in [0.15, 0.2) is 5.69 Å². The summed E-state index contributed by atoms with van der Waals surface area (Å²) in [6.07, 6.45) is 4.76. The Labute approximate surface area is 126 Å². The van der Waals surface area contributed by atoms with Crippen LogP contribution < -0.4 is 5.56 Å². The summed E-state index contributed by atoms with van der Waals surface area (Å²) in [5.74, 6) is -0.0325. The minimum absolute atomic E-state index is 0.0325. The van der Waals surface area contributed by atoms with Crippen LogP contribution in [0.3, 0.4) is 0 Å². The van der Waals surface area contributed by atoms with E-state index in [4.69, 9.17) is 0 Å². The summed E-state index contributed by atoms with van der Waals surface area (Å²) in [4.78, 5) is 25.8. The first-order valence-electron chi connectivity index (χ1n) is 7.67. The second kappa shape index (κ2) is 5.08. The van der Waals surface area contributed by atoms with Crippen molar-refractivity contribution in [2.24, 2.45) is 0 Å². The number of amides is 1. The molecule has 0 bridgehead atoms. The molecule has 0 aromatic carbocycles. The normalized spacial score (nSPS) is 20.4. The number of hydrogen-bond acceptors (Lipinski definition) is 4. The maximum atomic E-state index is 12.9. The SMILES string of the molecule is O=C(c1n[nH]c2c1CCC2)N1CCCC1c1ccc(=O)[nH]n1. The number of fused-ring (bicyclic) bond motifs is 1. The largest absolute Gasteiger partial charge is 0.329 e. The van der Waals surface area contributed by atoms with E-state index < -0.39 is 0 Å². The van der Waals surface area contributed by atoms with Crippen molar-refractivity contribution < 1.29 is 4.79 Å². The molecule has 1 aliphatic carbocycles. The number of carbonyl (C=O) groups excluding carboxylic acids is 1. The summed E-state index contributed by atoms with van der Waals surface area (Å²) in [6.45, 7) is 0.700. The smallest absolute Gasteiger partial charge is 0.275 e. The highest BCUT2D eigenvalue weighted by atomic mass is 16.2. The number of nitrogens with one attached hydrogen (secondary N) is 2. The number of rotatable bonds is 2. The molecule has 2 aromatic rings. The molecule has 22 heavy (non-hydrogen) atoms. The average molecular weight is 299 g/mol. The van der Waals surface area contributed by atoms with Gasteiger partial charge in [-0.1, -0.05) is 0 Å². The number of aryl methyl sites for hydroxylation is 1. The Morgan fingerprint density at radius 1 is 1.18 bits per heavy atom. The van der Waals surface area contributed by atoms with Crippen molar-refractivity contribution in [3.63, 3.8) is 0 Å². The standard InChI is InChI=1S/C15H17N5O2/c21-13-7-6-11(17-18-13)12-5-2-8-20(12)15(22)14-9-3-1-4-10(9)16-19-14/h6-7,12H,1-5,8H2,(H,16,19)(H,18,21). The van der Waals surface area contributed by atoms with Gasteiger partial charge in [-0.2, -0.15) is 10.2 Å². The summed E-state index contributed by atoms with van der Waals surface area (Å²) in [5, 5.41) is 13.8. The zero-order chi connectivity index (χ0) is 15.1. The molecule has 1 saturated heterocycles. The lowest BCUT2D eigenvalue weighted by Crippen LogP contribution is -2.32. The third kappa shape index (κ3) is 2.04. The molecule has 114 valence electrons. The van der Waals surface area contributed by atoms with Crippen LogP contribution in [0.1, 0.15) is 52.7 Å². The van der Waals surface area contributed by atoms with E-state index in [1.54, 1.807) is 6.07 Å². The number of aromatic amines is 2. The molecule has 2 aromatic heterocycles. The van der Waals surface area contributed by atoms with E-state index in [2.05, 4.69) is 20.4 Å². The van der Waals surface area contributed by atoms with Crippen molar-refractivity contribution in [1.82, 2.24) is 25.3 Å². The van der Waals surface area contributed by atoms with Gasteiger partial charge < -0.3 is 4.90 Å². The lowest BCUT2D eigenvalue weighted by atomic mass is 10.1. The summed E-state index contributed by atoms with van der Waals surface area (Å²) in [7, 11) is 0. The van der Waals surface area contributed by atoms with Crippen molar-refractivity contribution in [3.05, 3.63) is 45.1 Å². The molecule has 1 unspecified atom stereocenters. The second-order valence-corrected chi connectivity index (χ2v) is 5.89.